The monoisotopic (exact) mass is 360 g/mol. The Morgan fingerprint density at radius 1 is 1.08 bits per heavy atom. The number of hydrogen-bond acceptors (Lipinski definition) is 3. The first-order valence-corrected chi connectivity index (χ1v) is 9.59. The molecule has 1 saturated heterocycles. The normalized spacial score (nSPS) is 14.5. The van der Waals surface area contributed by atoms with E-state index in [4.69, 9.17) is 11.6 Å². The van der Waals surface area contributed by atoms with Gasteiger partial charge >= 0.3 is 0 Å². The molecule has 3 rings (SSSR count). The maximum atomic E-state index is 12.4. The summed E-state index contributed by atoms with van der Waals surface area (Å²) >= 11 is 8.41. The van der Waals surface area contributed by atoms with E-state index in [1.807, 2.05) is 62.0 Å². The van der Waals surface area contributed by atoms with Crippen LogP contribution in [0.25, 0.3) is 0 Å². The zero-order valence-electron chi connectivity index (χ0n) is 13.9. The van der Waals surface area contributed by atoms with Gasteiger partial charge in [-0.15, -0.1) is 0 Å². The highest BCUT2D eigenvalue weighted by Crippen LogP contribution is 2.30. The van der Waals surface area contributed by atoms with Crippen molar-refractivity contribution in [2.75, 3.05) is 34.8 Å². The van der Waals surface area contributed by atoms with Crippen LogP contribution in [0, 0.1) is 13.8 Å². The lowest BCUT2D eigenvalue weighted by atomic mass is 10.1. The Morgan fingerprint density at radius 2 is 1.83 bits per heavy atom. The topological polar surface area (TPSA) is 32.3 Å². The number of thioether (sulfide) groups is 1. The predicted molar refractivity (Wildman–Crippen MR) is 105 cm³/mol. The SMILES string of the molecule is Cc1ccc(C(=O)Nc2ccc(N3CCSCC3)c(Cl)c2)cc1C. The molecule has 1 aliphatic heterocycles. The number of aryl methyl sites for hydroxylation is 2. The average Bonchev–Trinajstić information content (AvgIpc) is 2.58. The summed E-state index contributed by atoms with van der Waals surface area (Å²) in [5, 5.41) is 3.61. The van der Waals surface area contributed by atoms with Crippen LogP contribution in [-0.2, 0) is 0 Å². The highest BCUT2D eigenvalue weighted by molar-refractivity contribution is 7.99. The first-order chi connectivity index (χ1) is 11.5. The van der Waals surface area contributed by atoms with Gasteiger partial charge in [-0.1, -0.05) is 17.7 Å². The maximum absolute atomic E-state index is 12.4. The Hall–Kier alpha value is -1.65. The molecule has 1 heterocycles. The van der Waals surface area contributed by atoms with Crippen molar-refractivity contribution >= 4 is 40.6 Å². The number of anilines is 2. The van der Waals surface area contributed by atoms with Crippen molar-refractivity contribution in [1.29, 1.82) is 0 Å². The Morgan fingerprint density at radius 3 is 2.50 bits per heavy atom. The summed E-state index contributed by atoms with van der Waals surface area (Å²) in [5.41, 5.74) is 4.71. The third-order valence-electron chi connectivity index (χ3n) is 4.33. The standard InChI is InChI=1S/C19H21ClN2OS/c1-13-3-4-15(11-14(13)2)19(23)21-16-5-6-18(17(20)12-16)22-7-9-24-10-8-22/h3-6,11-12H,7-10H2,1-2H3,(H,21,23). The molecule has 0 spiro atoms. The summed E-state index contributed by atoms with van der Waals surface area (Å²) in [7, 11) is 0. The minimum atomic E-state index is -0.115. The molecule has 5 heteroatoms. The van der Waals surface area contributed by atoms with E-state index in [2.05, 4.69) is 10.2 Å². The van der Waals surface area contributed by atoms with E-state index in [1.54, 1.807) is 0 Å². The first-order valence-electron chi connectivity index (χ1n) is 8.05. The number of carbonyl (C=O) groups is 1. The van der Waals surface area contributed by atoms with Crippen LogP contribution in [-0.4, -0.2) is 30.5 Å². The van der Waals surface area contributed by atoms with Crippen LogP contribution in [0.15, 0.2) is 36.4 Å². The van der Waals surface area contributed by atoms with Gasteiger partial charge in [0.25, 0.3) is 5.91 Å². The molecule has 0 aliphatic carbocycles. The molecule has 3 nitrogen and oxygen atoms in total. The first kappa shape index (κ1) is 17.2. The smallest absolute Gasteiger partial charge is 0.255 e. The Labute approximate surface area is 152 Å². The van der Waals surface area contributed by atoms with Crippen LogP contribution in [0.3, 0.4) is 0 Å². The Balaban J connectivity index is 1.74. The third-order valence-corrected chi connectivity index (χ3v) is 5.57. The number of carbonyl (C=O) groups excluding carboxylic acids is 1. The number of halogens is 1. The summed E-state index contributed by atoms with van der Waals surface area (Å²) in [6.45, 7) is 6.07. The molecule has 126 valence electrons. The van der Waals surface area contributed by atoms with E-state index in [0.29, 0.717) is 10.6 Å². The lowest BCUT2D eigenvalue weighted by Crippen LogP contribution is -2.32. The number of hydrogen-bond donors (Lipinski definition) is 1. The van der Waals surface area contributed by atoms with E-state index in [-0.39, 0.29) is 5.91 Å². The van der Waals surface area contributed by atoms with Gasteiger partial charge in [0, 0.05) is 35.8 Å². The molecule has 0 saturated carbocycles. The van der Waals surface area contributed by atoms with Gasteiger partial charge in [0.1, 0.15) is 0 Å². The van der Waals surface area contributed by atoms with Gasteiger partial charge in [-0.25, -0.2) is 0 Å². The molecule has 1 amide bonds. The van der Waals surface area contributed by atoms with Gasteiger partial charge in [-0.3, -0.25) is 4.79 Å². The number of nitrogens with zero attached hydrogens (tertiary/aromatic N) is 1. The fourth-order valence-corrected chi connectivity index (χ4v) is 3.93. The fraction of sp³-hybridized carbons (Fsp3) is 0.316. The summed E-state index contributed by atoms with van der Waals surface area (Å²) in [5.74, 6) is 2.14. The number of rotatable bonds is 3. The van der Waals surface area contributed by atoms with Crippen molar-refractivity contribution in [3.05, 3.63) is 58.1 Å². The summed E-state index contributed by atoms with van der Waals surface area (Å²) in [6.07, 6.45) is 0. The molecule has 1 aliphatic rings. The average molecular weight is 361 g/mol. The number of amides is 1. The van der Waals surface area contributed by atoms with Crippen molar-refractivity contribution in [3.8, 4) is 0 Å². The molecule has 0 radical (unpaired) electrons. The Bertz CT molecular complexity index is 757. The fourth-order valence-electron chi connectivity index (χ4n) is 2.73. The lowest BCUT2D eigenvalue weighted by molar-refractivity contribution is 0.102. The van der Waals surface area contributed by atoms with Gasteiger partial charge in [0.15, 0.2) is 0 Å². The minimum Gasteiger partial charge on any atom is -0.369 e. The van der Waals surface area contributed by atoms with Gasteiger partial charge < -0.3 is 10.2 Å². The van der Waals surface area contributed by atoms with Crippen LogP contribution >= 0.6 is 23.4 Å². The third kappa shape index (κ3) is 3.87. The van der Waals surface area contributed by atoms with Gasteiger partial charge in [-0.2, -0.15) is 11.8 Å². The Kier molecular flexibility index (Phi) is 5.36. The molecule has 2 aromatic carbocycles. The molecule has 0 bridgehead atoms. The predicted octanol–water partition coefficient (Wildman–Crippen LogP) is 4.76. The zero-order valence-corrected chi connectivity index (χ0v) is 15.5. The quantitative estimate of drug-likeness (QED) is 0.856. The van der Waals surface area contributed by atoms with Gasteiger partial charge in [-0.05, 0) is 55.3 Å². The van der Waals surface area contributed by atoms with Crippen molar-refractivity contribution in [1.82, 2.24) is 0 Å². The number of benzene rings is 2. The second-order valence-electron chi connectivity index (χ2n) is 6.02. The van der Waals surface area contributed by atoms with Gasteiger partial charge in [0.05, 0.1) is 10.7 Å². The van der Waals surface area contributed by atoms with E-state index >= 15 is 0 Å². The van der Waals surface area contributed by atoms with Crippen LogP contribution in [0.5, 0.6) is 0 Å². The minimum absolute atomic E-state index is 0.115. The van der Waals surface area contributed by atoms with E-state index < -0.39 is 0 Å². The van der Waals surface area contributed by atoms with Crippen LogP contribution < -0.4 is 10.2 Å². The summed E-state index contributed by atoms with van der Waals surface area (Å²) < 4.78 is 0. The van der Waals surface area contributed by atoms with Crippen LogP contribution in [0.4, 0.5) is 11.4 Å². The second kappa shape index (κ2) is 7.49. The number of nitrogens with one attached hydrogen (secondary N) is 1. The van der Waals surface area contributed by atoms with Crippen molar-refractivity contribution in [3.63, 3.8) is 0 Å². The molecular weight excluding hydrogens is 340 g/mol. The molecule has 1 fully saturated rings. The summed E-state index contributed by atoms with van der Waals surface area (Å²) in [4.78, 5) is 14.7. The van der Waals surface area contributed by atoms with Crippen molar-refractivity contribution in [2.45, 2.75) is 13.8 Å². The molecule has 0 unspecified atom stereocenters. The van der Waals surface area contributed by atoms with E-state index in [0.717, 1.165) is 41.5 Å². The van der Waals surface area contributed by atoms with Crippen molar-refractivity contribution in [2.24, 2.45) is 0 Å². The molecule has 1 N–H and O–H groups in total. The lowest BCUT2D eigenvalue weighted by Gasteiger charge is -2.29. The van der Waals surface area contributed by atoms with E-state index in [9.17, 15) is 4.79 Å². The zero-order chi connectivity index (χ0) is 17.1. The maximum Gasteiger partial charge on any atom is 0.255 e. The largest absolute Gasteiger partial charge is 0.369 e. The highest BCUT2D eigenvalue weighted by atomic mass is 35.5. The van der Waals surface area contributed by atoms with Gasteiger partial charge in [0.2, 0.25) is 0 Å². The van der Waals surface area contributed by atoms with Crippen LogP contribution in [0.2, 0.25) is 5.02 Å². The molecule has 24 heavy (non-hydrogen) atoms. The summed E-state index contributed by atoms with van der Waals surface area (Å²) in [6, 6.07) is 11.5. The molecule has 2 aromatic rings. The highest BCUT2D eigenvalue weighted by Gasteiger charge is 2.15. The molecular formula is C19H21ClN2OS. The van der Waals surface area contributed by atoms with E-state index in [1.165, 1.54) is 5.56 Å². The van der Waals surface area contributed by atoms with Crippen LogP contribution in [0.1, 0.15) is 21.5 Å². The van der Waals surface area contributed by atoms with Crippen molar-refractivity contribution < 1.29 is 4.79 Å². The second-order valence-corrected chi connectivity index (χ2v) is 7.65. The molecule has 0 aromatic heterocycles. The molecule has 0 atom stereocenters.